The Morgan fingerprint density at radius 2 is 2.33 bits per heavy atom. The second kappa shape index (κ2) is 2.48. The maximum Gasteiger partial charge on any atom is 0.102 e. The summed E-state index contributed by atoms with van der Waals surface area (Å²) in [6.45, 7) is 7.40. The average molecular weight is 126 g/mol. The van der Waals surface area contributed by atoms with Gasteiger partial charge in [0.15, 0.2) is 0 Å². The Kier molecular flexibility index (Phi) is 1.86. The van der Waals surface area contributed by atoms with E-state index in [9.17, 15) is 0 Å². The fourth-order valence-corrected chi connectivity index (χ4v) is 0.966. The van der Waals surface area contributed by atoms with Gasteiger partial charge in [0.1, 0.15) is 6.17 Å². The molecule has 1 N–H and O–H groups in total. The summed E-state index contributed by atoms with van der Waals surface area (Å²) < 4.78 is 0. The Hall–Kier alpha value is -0.370. The van der Waals surface area contributed by atoms with Gasteiger partial charge in [-0.1, -0.05) is 13.8 Å². The van der Waals surface area contributed by atoms with E-state index in [1.54, 1.807) is 0 Å². The standard InChI is InChI=1S/C7H14N2/c1-5(2)7-8-4-6(3)9-7/h5,7-8H,4H2,1-3H3. The van der Waals surface area contributed by atoms with Gasteiger partial charge < -0.3 is 0 Å². The van der Waals surface area contributed by atoms with E-state index in [0.29, 0.717) is 12.1 Å². The first-order valence-electron chi connectivity index (χ1n) is 3.47. The van der Waals surface area contributed by atoms with Crippen molar-refractivity contribution in [3.8, 4) is 0 Å². The second-order valence-corrected chi connectivity index (χ2v) is 2.93. The van der Waals surface area contributed by atoms with E-state index >= 15 is 0 Å². The zero-order valence-electron chi connectivity index (χ0n) is 6.31. The fourth-order valence-electron chi connectivity index (χ4n) is 0.966. The van der Waals surface area contributed by atoms with Crippen LogP contribution in [0.2, 0.25) is 0 Å². The zero-order chi connectivity index (χ0) is 6.85. The predicted molar refractivity (Wildman–Crippen MR) is 39.7 cm³/mol. The van der Waals surface area contributed by atoms with E-state index in [4.69, 9.17) is 0 Å². The molecule has 2 nitrogen and oxygen atoms in total. The van der Waals surface area contributed by atoms with E-state index in [1.165, 1.54) is 5.71 Å². The van der Waals surface area contributed by atoms with Crippen LogP contribution in [0.3, 0.4) is 0 Å². The molecule has 1 aliphatic heterocycles. The maximum absolute atomic E-state index is 4.39. The molecule has 1 atom stereocenters. The molecule has 52 valence electrons. The van der Waals surface area contributed by atoms with Crippen molar-refractivity contribution in [2.45, 2.75) is 26.9 Å². The Bertz CT molecular complexity index is 127. The summed E-state index contributed by atoms with van der Waals surface area (Å²) >= 11 is 0. The van der Waals surface area contributed by atoms with Crippen LogP contribution < -0.4 is 5.32 Å². The molecule has 0 amide bonds. The summed E-state index contributed by atoms with van der Waals surface area (Å²) in [6, 6.07) is 0. The van der Waals surface area contributed by atoms with Gasteiger partial charge in [-0.3, -0.25) is 10.3 Å². The van der Waals surface area contributed by atoms with Crippen LogP contribution in [-0.2, 0) is 0 Å². The van der Waals surface area contributed by atoms with Crippen molar-refractivity contribution in [2.24, 2.45) is 10.9 Å². The smallest absolute Gasteiger partial charge is 0.102 e. The number of hydrogen-bond donors (Lipinski definition) is 1. The maximum atomic E-state index is 4.39. The van der Waals surface area contributed by atoms with Crippen molar-refractivity contribution in [2.75, 3.05) is 6.54 Å². The summed E-state index contributed by atoms with van der Waals surface area (Å²) in [5.74, 6) is 0.627. The third kappa shape index (κ3) is 1.52. The lowest BCUT2D eigenvalue weighted by Crippen LogP contribution is -2.27. The van der Waals surface area contributed by atoms with Gasteiger partial charge in [-0.25, -0.2) is 0 Å². The molecule has 0 aliphatic carbocycles. The summed E-state index contributed by atoms with van der Waals surface area (Å²) in [6.07, 6.45) is 0.380. The summed E-state index contributed by atoms with van der Waals surface area (Å²) in [5.41, 5.74) is 1.23. The molecule has 0 aromatic rings. The van der Waals surface area contributed by atoms with Gasteiger partial charge in [0, 0.05) is 12.3 Å². The third-order valence-corrected chi connectivity index (χ3v) is 1.56. The molecule has 1 aliphatic rings. The second-order valence-electron chi connectivity index (χ2n) is 2.93. The molecule has 1 unspecified atom stereocenters. The Labute approximate surface area is 56.4 Å². The van der Waals surface area contributed by atoms with Crippen molar-refractivity contribution in [1.29, 1.82) is 0 Å². The molecule has 0 aromatic carbocycles. The Balaban J connectivity index is 2.47. The zero-order valence-corrected chi connectivity index (χ0v) is 6.31. The number of nitrogens with one attached hydrogen (secondary N) is 1. The van der Waals surface area contributed by atoms with Crippen LogP contribution in [0.25, 0.3) is 0 Å². The SMILES string of the molecule is CC1=NC(C(C)C)NC1. The van der Waals surface area contributed by atoms with Crippen molar-refractivity contribution in [3.63, 3.8) is 0 Å². The number of aliphatic imine (C=N–C) groups is 1. The van der Waals surface area contributed by atoms with Crippen LogP contribution in [0.4, 0.5) is 0 Å². The first kappa shape index (κ1) is 6.75. The Morgan fingerprint density at radius 3 is 2.56 bits per heavy atom. The molecule has 0 bridgehead atoms. The van der Waals surface area contributed by atoms with Crippen LogP contribution in [-0.4, -0.2) is 18.4 Å². The van der Waals surface area contributed by atoms with Gasteiger partial charge >= 0.3 is 0 Å². The average Bonchev–Trinajstić information content (AvgIpc) is 2.14. The third-order valence-electron chi connectivity index (χ3n) is 1.56. The minimum atomic E-state index is 0.380. The lowest BCUT2D eigenvalue weighted by Gasteiger charge is -2.10. The molecule has 0 radical (unpaired) electrons. The molecule has 0 aromatic heterocycles. The summed E-state index contributed by atoms with van der Waals surface area (Å²) in [4.78, 5) is 4.39. The van der Waals surface area contributed by atoms with Crippen molar-refractivity contribution >= 4 is 5.71 Å². The topological polar surface area (TPSA) is 24.4 Å². The van der Waals surface area contributed by atoms with E-state index in [-0.39, 0.29) is 0 Å². The summed E-state index contributed by atoms with van der Waals surface area (Å²) in [5, 5.41) is 3.30. The van der Waals surface area contributed by atoms with Crippen molar-refractivity contribution in [3.05, 3.63) is 0 Å². The molecule has 1 rings (SSSR count). The molecule has 0 spiro atoms. The minimum Gasteiger partial charge on any atom is -0.290 e. The highest BCUT2D eigenvalue weighted by Gasteiger charge is 2.15. The van der Waals surface area contributed by atoms with E-state index in [0.717, 1.165) is 6.54 Å². The van der Waals surface area contributed by atoms with Crippen molar-refractivity contribution in [1.82, 2.24) is 5.32 Å². The molecule has 9 heavy (non-hydrogen) atoms. The fraction of sp³-hybridized carbons (Fsp3) is 0.857. The molecular weight excluding hydrogens is 112 g/mol. The van der Waals surface area contributed by atoms with E-state index < -0.39 is 0 Å². The number of hydrogen-bond acceptors (Lipinski definition) is 2. The normalized spacial score (nSPS) is 27.1. The molecule has 0 saturated carbocycles. The van der Waals surface area contributed by atoms with Gasteiger partial charge in [-0.15, -0.1) is 0 Å². The van der Waals surface area contributed by atoms with Gasteiger partial charge in [0.25, 0.3) is 0 Å². The molecule has 2 heteroatoms. The van der Waals surface area contributed by atoms with Gasteiger partial charge in [-0.2, -0.15) is 0 Å². The highest BCUT2D eigenvalue weighted by molar-refractivity contribution is 5.85. The highest BCUT2D eigenvalue weighted by Crippen LogP contribution is 2.06. The van der Waals surface area contributed by atoms with Crippen LogP contribution >= 0.6 is 0 Å². The lowest BCUT2D eigenvalue weighted by atomic mass is 10.2. The van der Waals surface area contributed by atoms with Crippen LogP contribution in [0.1, 0.15) is 20.8 Å². The quantitative estimate of drug-likeness (QED) is 0.557. The summed E-state index contributed by atoms with van der Waals surface area (Å²) in [7, 11) is 0. The van der Waals surface area contributed by atoms with Gasteiger partial charge in [-0.05, 0) is 12.8 Å². The van der Waals surface area contributed by atoms with Crippen LogP contribution in [0, 0.1) is 5.92 Å². The number of nitrogens with zero attached hydrogens (tertiary/aromatic N) is 1. The molecular formula is C7H14N2. The monoisotopic (exact) mass is 126 g/mol. The first-order valence-corrected chi connectivity index (χ1v) is 3.47. The highest BCUT2D eigenvalue weighted by atomic mass is 15.1. The van der Waals surface area contributed by atoms with Crippen molar-refractivity contribution < 1.29 is 0 Å². The van der Waals surface area contributed by atoms with Crippen LogP contribution in [0.5, 0.6) is 0 Å². The largest absolute Gasteiger partial charge is 0.290 e. The molecule has 1 heterocycles. The molecule has 0 saturated heterocycles. The van der Waals surface area contributed by atoms with E-state index in [1.807, 2.05) is 0 Å². The first-order chi connectivity index (χ1) is 4.20. The van der Waals surface area contributed by atoms with E-state index in [2.05, 4.69) is 31.1 Å². The van der Waals surface area contributed by atoms with Gasteiger partial charge in [0.2, 0.25) is 0 Å². The predicted octanol–water partition coefficient (Wildman–Crippen LogP) is 1.03. The van der Waals surface area contributed by atoms with Crippen LogP contribution in [0.15, 0.2) is 4.99 Å². The minimum absolute atomic E-state index is 0.380. The Morgan fingerprint density at radius 1 is 1.67 bits per heavy atom. The molecule has 0 fully saturated rings. The lowest BCUT2D eigenvalue weighted by molar-refractivity contribution is 0.453. The van der Waals surface area contributed by atoms with Gasteiger partial charge in [0.05, 0.1) is 0 Å². The number of rotatable bonds is 1.